The van der Waals surface area contributed by atoms with Gasteiger partial charge < -0.3 is 10.3 Å². The summed E-state index contributed by atoms with van der Waals surface area (Å²) >= 11 is 0. The maximum Gasteiger partial charge on any atom is 0.0492 e. The molecular formula is C19H21N3. The normalized spacial score (nSPS) is 14.2. The summed E-state index contributed by atoms with van der Waals surface area (Å²) in [6.07, 6.45) is 5.19. The molecule has 1 aromatic carbocycles. The molecule has 0 saturated heterocycles. The molecule has 1 aliphatic rings. The molecule has 2 aromatic heterocycles. The van der Waals surface area contributed by atoms with Crippen LogP contribution in [0.15, 0.2) is 36.5 Å². The van der Waals surface area contributed by atoms with Gasteiger partial charge in [0.2, 0.25) is 0 Å². The van der Waals surface area contributed by atoms with Crippen LogP contribution in [0.1, 0.15) is 28.1 Å². The quantitative estimate of drug-likeness (QED) is 0.777. The number of fused-ring (bicyclic) bond motifs is 3. The first kappa shape index (κ1) is 13.5. The molecular weight excluding hydrogens is 270 g/mol. The number of rotatable bonds is 3. The molecule has 3 nitrogen and oxygen atoms in total. The lowest BCUT2D eigenvalue weighted by Gasteiger charge is -2.12. The maximum atomic E-state index is 4.39. The average molecular weight is 291 g/mol. The number of hydrogen-bond donors (Lipinski definition) is 2. The molecule has 0 saturated carbocycles. The molecule has 0 spiro atoms. The van der Waals surface area contributed by atoms with E-state index in [0.717, 1.165) is 38.0 Å². The minimum absolute atomic E-state index is 0.987. The van der Waals surface area contributed by atoms with Gasteiger partial charge in [0, 0.05) is 48.0 Å². The van der Waals surface area contributed by atoms with E-state index in [9.17, 15) is 0 Å². The van der Waals surface area contributed by atoms with E-state index >= 15 is 0 Å². The molecule has 22 heavy (non-hydrogen) atoms. The van der Waals surface area contributed by atoms with Crippen molar-refractivity contribution in [2.24, 2.45) is 0 Å². The van der Waals surface area contributed by atoms with Gasteiger partial charge >= 0.3 is 0 Å². The summed E-state index contributed by atoms with van der Waals surface area (Å²) in [7, 11) is 0. The van der Waals surface area contributed by atoms with Gasteiger partial charge in [-0.1, -0.05) is 24.3 Å². The zero-order valence-corrected chi connectivity index (χ0v) is 12.9. The van der Waals surface area contributed by atoms with Gasteiger partial charge in [0.15, 0.2) is 0 Å². The van der Waals surface area contributed by atoms with Crippen molar-refractivity contribution in [3.8, 4) is 0 Å². The van der Waals surface area contributed by atoms with Crippen LogP contribution in [0.2, 0.25) is 0 Å². The number of pyridine rings is 1. The second-order valence-corrected chi connectivity index (χ2v) is 6.16. The first-order valence-corrected chi connectivity index (χ1v) is 8.05. The number of aryl methyl sites for hydroxylation is 3. The predicted molar refractivity (Wildman–Crippen MR) is 90.1 cm³/mol. The van der Waals surface area contributed by atoms with E-state index in [4.69, 9.17) is 0 Å². The largest absolute Gasteiger partial charge is 0.358 e. The van der Waals surface area contributed by atoms with Crippen LogP contribution in [0.25, 0.3) is 10.9 Å². The third-order valence-electron chi connectivity index (χ3n) is 4.63. The van der Waals surface area contributed by atoms with E-state index in [1.54, 1.807) is 0 Å². The zero-order chi connectivity index (χ0) is 14.9. The number of aromatic amines is 1. The molecule has 112 valence electrons. The number of benzene rings is 1. The molecule has 0 aliphatic carbocycles. The molecule has 4 rings (SSSR count). The van der Waals surface area contributed by atoms with Gasteiger partial charge in [0.25, 0.3) is 0 Å². The van der Waals surface area contributed by atoms with Gasteiger partial charge in [-0.05, 0) is 42.5 Å². The molecule has 0 atom stereocenters. The maximum absolute atomic E-state index is 4.39. The highest BCUT2D eigenvalue weighted by atomic mass is 14.9. The Morgan fingerprint density at radius 1 is 1.14 bits per heavy atom. The van der Waals surface area contributed by atoms with Gasteiger partial charge in [-0.25, -0.2) is 0 Å². The summed E-state index contributed by atoms with van der Waals surface area (Å²) in [5, 5.41) is 4.86. The second-order valence-electron chi connectivity index (χ2n) is 6.16. The van der Waals surface area contributed by atoms with E-state index in [1.807, 2.05) is 13.1 Å². The standard InChI is InChI=1S/C19H21N3/c1-13-5-6-14(11-21-13)7-8-15-3-2-4-16-17-12-20-10-9-18(17)22-19(15)16/h2-6,11,20,22H,7-10,12H2,1H3. The number of nitrogens with zero attached hydrogens (tertiary/aromatic N) is 1. The number of nitrogens with one attached hydrogen (secondary N) is 2. The van der Waals surface area contributed by atoms with Crippen molar-refractivity contribution in [2.45, 2.75) is 32.7 Å². The Bertz CT molecular complexity index is 799. The Labute approximate surface area is 130 Å². The molecule has 0 bridgehead atoms. The second kappa shape index (κ2) is 5.58. The highest BCUT2D eigenvalue weighted by Gasteiger charge is 2.16. The Kier molecular flexibility index (Phi) is 3.43. The summed E-state index contributed by atoms with van der Waals surface area (Å²) < 4.78 is 0. The lowest BCUT2D eigenvalue weighted by molar-refractivity contribution is 0.641. The van der Waals surface area contributed by atoms with Crippen LogP contribution < -0.4 is 5.32 Å². The van der Waals surface area contributed by atoms with Crippen LogP contribution in [0.4, 0.5) is 0 Å². The first-order chi connectivity index (χ1) is 10.8. The fourth-order valence-corrected chi connectivity index (χ4v) is 3.36. The van der Waals surface area contributed by atoms with Crippen molar-refractivity contribution < 1.29 is 0 Å². The topological polar surface area (TPSA) is 40.7 Å². The number of aromatic nitrogens is 2. The van der Waals surface area contributed by atoms with E-state index in [2.05, 4.69) is 45.6 Å². The van der Waals surface area contributed by atoms with Gasteiger partial charge in [-0.2, -0.15) is 0 Å². The van der Waals surface area contributed by atoms with Crippen LogP contribution in [0, 0.1) is 6.92 Å². The summed E-state index contributed by atoms with van der Waals surface area (Å²) in [5.74, 6) is 0. The first-order valence-electron chi connectivity index (χ1n) is 8.05. The molecule has 0 radical (unpaired) electrons. The molecule has 2 N–H and O–H groups in total. The Hall–Kier alpha value is -2.13. The van der Waals surface area contributed by atoms with Crippen molar-refractivity contribution >= 4 is 10.9 Å². The van der Waals surface area contributed by atoms with E-state index < -0.39 is 0 Å². The van der Waals surface area contributed by atoms with Crippen molar-refractivity contribution in [1.29, 1.82) is 0 Å². The minimum Gasteiger partial charge on any atom is -0.358 e. The van der Waals surface area contributed by atoms with Crippen LogP contribution in [-0.4, -0.2) is 16.5 Å². The Balaban J connectivity index is 1.64. The van der Waals surface area contributed by atoms with Crippen molar-refractivity contribution in [3.05, 3.63) is 64.6 Å². The van der Waals surface area contributed by atoms with Crippen LogP contribution >= 0.6 is 0 Å². The summed E-state index contributed by atoms with van der Waals surface area (Å²) in [6, 6.07) is 11.0. The van der Waals surface area contributed by atoms with E-state index in [-0.39, 0.29) is 0 Å². The third-order valence-corrected chi connectivity index (χ3v) is 4.63. The summed E-state index contributed by atoms with van der Waals surface area (Å²) in [4.78, 5) is 8.07. The number of hydrogen-bond acceptors (Lipinski definition) is 2. The lowest BCUT2D eigenvalue weighted by atomic mass is 10.0. The Morgan fingerprint density at radius 2 is 2.09 bits per heavy atom. The summed E-state index contributed by atoms with van der Waals surface area (Å²) in [5.41, 5.74) is 8.00. The average Bonchev–Trinajstić information content (AvgIpc) is 2.94. The van der Waals surface area contributed by atoms with Gasteiger partial charge in [-0.3, -0.25) is 4.98 Å². The molecule has 0 unspecified atom stereocenters. The molecule has 0 fully saturated rings. The van der Waals surface area contributed by atoms with E-state index in [1.165, 1.54) is 33.3 Å². The van der Waals surface area contributed by atoms with Crippen LogP contribution in [0.3, 0.4) is 0 Å². The zero-order valence-electron chi connectivity index (χ0n) is 12.9. The van der Waals surface area contributed by atoms with Gasteiger partial charge in [-0.15, -0.1) is 0 Å². The summed E-state index contributed by atoms with van der Waals surface area (Å²) in [6.45, 7) is 4.09. The van der Waals surface area contributed by atoms with Gasteiger partial charge in [0.1, 0.15) is 0 Å². The fourth-order valence-electron chi connectivity index (χ4n) is 3.36. The van der Waals surface area contributed by atoms with Crippen LogP contribution in [-0.2, 0) is 25.8 Å². The highest BCUT2D eigenvalue weighted by Crippen LogP contribution is 2.28. The van der Waals surface area contributed by atoms with Crippen LogP contribution in [0.5, 0.6) is 0 Å². The lowest BCUT2D eigenvalue weighted by Crippen LogP contribution is -2.22. The molecule has 0 amide bonds. The van der Waals surface area contributed by atoms with Crippen molar-refractivity contribution in [1.82, 2.24) is 15.3 Å². The molecule has 3 heteroatoms. The number of H-pyrrole nitrogens is 1. The smallest absolute Gasteiger partial charge is 0.0492 e. The monoisotopic (exact) mass is 291 g/mol. The fraction of sp³-hybridized carbons (Fsp3) is 0.316. The van der Waals surface area contributed by atoms with Crippen molar-refractivity contribution in [2.75, 3.05) is 6.54 Å². The molecule has 1 aliphatic heterocycles. The number of para-hydroxylation sites is 1. The Morgan fingerprint density at radius 3 is 2.95 bits per heavy atom. The third kappa shape index (κ3) is 2.42. The van der Waals surface area contributed by atoms with E-state index in [0.29, 0.717) is 0 Å². The molecule has 3 heterocycles. The van der Waals surface area contributed by atoms with Crippen molar-refractivity contribution in [3.63, 3.8) is 0 Å². The highest BCUT2D eigenvalue weighted by molar-refractivity contribution is 5.87. The SMILES string of the molecule is Cc1ccc(CCc2cccc3c4c([nH]c23)CCNC4)cn1. The predicted octanol–water partition coefficient (Wildman–Crippen LogP) is 3.30. The van der Waals surface area contributed by atoms with Gasteiger partial charge in [0.05, 0.1) is 0 Å². The molecule has 3 aromatic rings. The minimum atomic E-state index is 0.987.